The van der Waals surface area contributed by atoms with Crippen molar-refractivity contribution in [3.63, 3.8) is 0 Å². The van der Waals surface area contributed by atoms with Crippen LogP contribution in [0.1, 0.15) is 24.4 Å². The van der Waals surface area contributed by atoms with E-state index in [1.54, 1.807) is 0 Å². The fourth-order valence-electron chi connectivity index (χ4n) is 2.48. The number of hydrogen-bond donors (Lipinski definition) is 2. The SMILES string of the molecule is CN(C)C(c1cc[nH]c1)C1CC(N)C1. The van der Waals surface area contributed by atoms with Gasteiger partial charge < -0.3 is 15.6 Å². The molecule has 1 aliphatic rings. The lowest BCUT2D eigenvalue weighted by atomic mass is 9.74. The van der Waals surface area contributed by atoms with Crippen LogP contribution in [0.5, 0.6) is 0 Å². The van der Waals surface area contributed by atoms with Crippen molar-refractivity contribution in [2.75, 3.05) is 14.1 Å². The van der Waals surface area contributed by atoms with Crippen molar-refractivity contribution in [3.8, 4) is 0 Å². The normalized spacial score (nSPS) is 28.9. The Labute approximate surface area is 85.3 Å². The molecule has 1 fully saturated rings. The van der Waals surface area contributed by atoms with E-state index in [9.17, 15) is 0 Å². The van der Waals surface area contributed by atoms with Crippen LogP contribution in [-0.4, -0.2) is 30.0 Å². The van der Waals surface area contributed by atoms with Crippen LogP contribution in [0.2, 0.25) is 0 Å². The molecule has 3 heteroatoms. The number of hydrogen-bond acceptors (Lipinski definition) is 2. The number of H-pyrrole nitrogens is 1. The van der Waals surface area contributed by atoms with Crippen LogP contribution in [0.3, 0.4) is 0 Å². The van der Waals surface area contributed by atoms with Gasteiger partial charge in [0.2, 0.25) is 0 Å². The lowest BCUT2D eigenvalue weighted by molar-refractivity contribution is 0.123. The van der Waals surface area contributed by atoms with Crippen LogP contribution in [0.4, 0.5) is 0 Å². The average molecular weight is 193 g/mol. The molecule has 1 saturated carbocycles. The van der Waals surface area contributed by atoms with Crippen LogP contribution in [0, 0.1) is 5.92 Å². The maximum absolute atomic E-state index is 5.83. The van der Waals surface area contributed by atoms with E-state index in [4.69, 9.17) is 5.73 Å². The third-order valence-corrected chi connectivity index (χ3v) is 3.18. The van der Waals surface area contributed by atoms with Gasteiger partial charge in [-0.2, -0.15) is 0 Å². The van der Waals surface area contributed by atoms with E-state index in [-0.39, 0.29) is 0 Å². The maximum atomic E-state index is 5.83. The topological polar surface area (TPSA) is 45.0 Å². The number of rotatable bonds is 3. The van der Waals surface area contributed by atoms with Crippen LogP contribution in [0.25, 0.3) is 0 Å². The van der Waals surface area contributed by atoms with Crippen LogP contribution < -0.4 is 5.73 Å². The van der Waals surface area contributed by atoms with Gasteiger partial charge in [0.1, 0.15) is 0 Å². The molecular weight excluding hydrogens is 174 g/mol. The zero-order valence-corrected chi connectivity index (χ0v) is 8.90. The largest absolute Gasteiger partial charge is 0.367 e. The summed E-state index contributed by atoms with van der Waals surface area (Å²) in [6.45, 7) is 0. The Morgan fingerprint density at radius 2 is 2.21 bits per heavy atom. The van der Waals surface area contributed by atoms with Crippen molar-refractivity contribution in [3.05, 3.63) is 24.0 Å². The molecule has 1 aromatic rings. The molecule has 1 heterocycles. The molecular formula is C11H19N3. The summed E-state index contributed by atoms with van der Waals surface area (Å²) in [5.74, 6) is 0.732. The first-order valence-electron chi connectivity index (χ1n) is 5.23. The summed E-state index contributed by atoms with van der Waals surface area (Å²) >= 11 is 0. The average Bonchev–Trinajstić information content (AvgIpc) is 2.54. The van der Waals surface area contributed by atoms with Gasteiger partial charge in [-0.25, -0.2) is 0 Å². The standard InChI is InChI=1S/C11H19N3/c1-14(2)11(8-3-4-13-7-8)9-5-10(12)6-9/h3-4,7,9-11,13H,5-6,12H2,1-2H3. The third-order valence-electron chi connectivity index (χ3n) is 3.18. The van der Waals surface area contributed by atoms with Gasteiger partial charge in [-0.1, -0.05) is 0 Å². The van der Waals surface area contributed by atoms with Crippen LogP contribution in [0.15, 0.2) is 18.5 Å². The van der Waals surface area contributed by atoms with Crippen molar-refractivity contribution in [1.29, 1.82) is 0 Å². The fourth-order valence-corrected chi connectivity index (χ4v) is 2.48. The van der Waals surface area contributed by atoms with Crippen molar-refractivity contribution >= 4 is 0 Å². The first kappa shape index (κ1) is 9.74. The molecule has 78 valence electrons. The van der Waals surface area contributed by atoms with Crippen LogP contribution in [-0.2, 0) is 0 Å². The monoisotopic (exact) mass is 193 g/mol. The second-order valence-corrected chi connectivity index (χ2v) is 4.54. The lowest BCUT2D eigenvalue weighted by Gasteiger charge is -2.41. The first-order chi connectivity index (χ1) is 6.68. The Kier molecular flexibility index (Phi) is 2.61. The molecule has 0 spiro atoms. The highest BCUT2D eigenvalue weighted by Crippen LogP contribution is 2.39. The molecule has 0 amide bonds. The van der Waals surface area contributed by atoms with Crippen molar-refractivity contribution in [2.45, 2.75) is 24.9 Å². The predicted molar refractivity (Wildman–Crippen MR) is 57.9 cm³/mol. The summed E-state index contributed by atoms with van der Waals surface area (Å²) in [5.41, 5.74) is 7.22. The maximum Gasteiger partial charge on any atom is 0.0386 e. The molecule has 1 atom stereocenters. The minimum Gasteiger partial charge on any atom is -0.367 e. The molecule has 3 N–H and O–H groups in total. The van der Waals surface area contributed by atoms with E-state index in [1.165, 1.54) is 5.56 Å². The minimum atomic E-state index is 0.432. The molecule has 0 bridgehead atoms. The van der Waals surface area contributed by atoms with Gasteiger partial charge in [0.05, 0.1) is 0 Å². The van der Waals surface area contributed by atoms with E-state index in [2.05, 4.69) is 36.2 Å². The lowest BCUT2D eigenvalue weighted by Crippen LogP contribution is -2.42. The first-order valence-corrected chi connectivity index (χ1v) is 5.23. The van der Waals surface area contributed by atoms with E-state index in [1.807, 2.05) is 6.20 Å². The summed E-state index contributed by atoms with van der Waals surface area (Å²) in [7, 11) is 4.28. The number of nitrogens with two attached hydrogens (primary N) is 1. The second-order valence-electron chi connectivity index (χ2n) is 4.54. The molecule has 0 saturated heterocycles. The van der Waals surface area contributed by atoms with Crippen molar-refractivity contribution < 1.29 is 0 Å². The van der Waals surface area contributed by atoms with Crippen molar-refractivity contribution in [1.82, 2.24) is 9.88 Å². The number of nitrogens with zero attached hydrogens (tertiary/aromatic N) is 1. The van der Waals surface area contributed by atoms with E-state index in [0.717, 1.165) is 18.8 Å². The predicted octanol–water partition coefficient (Wildman–Crippen LogP) is 1.35. The zero-order valence-electron chi connectivity index (χ0n) is 8.90. The van der Waals surface area contributed by atoms with Gasteiger partial charge in [0.15, 0.2) is 0 Å². The second kappa shape index (κ2) is 3.75. The molecule has 1 aliphatic carbocycles. The van der Waals surface area contributed by atoms with Gasteiger partial charge in [0.25, 0.3) is 0 Å². The number of aromatic nitrogens is 1. The van der Waals surface area contributed by atoms with Gasteiger partial charge in [-0.3, -0.25) is 0 Å². The molecule has 0 aliphatic heterocycles. The van der Waals surface area contributed by atoms with E-state index in [0.29, 0.717) is 12.1 Å². The fraction of sp³-hybridized carbons (Fsp3) is 0.636. The molecule has 1 aromatic heterocycles. The Morgan fingerprint density at radius 3 is 2.64 bits per heavy atom. The van der Waals surface area contributed by atoms with Gasteiger partial charge in [0, 0.05) is 24.5 Å². The van der Waals surface area contributed by atoms with Crippen molar-refractivity contribution in [2.24, 2.45) is 11.7 Å². The highest BCUT2D eigenvalue weighted by Gasteiger charge is 2.34. The number of nitrogens with one attached hydrogen (secondary N) is 1. The highest BCUT2D eigenvalue weighted by atomic mass is 15.1. The summed E-state index contributed by atoms with van der Waals surface area (Å²) < 4.78 is 0. The Bertz CT molecular complexity index is 273. The summed E-state index contributed by atoms with van der Waals surface area (Å²) in [4.78, 5) is 5.41. The molecule has 1 unspecified atom stereocenters. The van der Waals surface area contributed by atoms with E-state index >= 15 is 0 Å². The van der Waals surface area contributed by atoms with Gasteiger partial charge in [-0.05, 0) is 44.5 Å². The quantitative estimate of drug-likeness (QED) is 0.761. The third kappa shape index (κ3) is 1.70. The zero-order chi connectivity index (χ0) is 10.1. The molecule has 14 heavy (non-hydrogen) atoms. The number of aromatic amines is 1. The smallest absolute Gasteiger partial charge is 0.0386 e. The van der Waals surface area contributed by atoms with Gasteiger partial charge in [-0.15, -0.1) is 0 Å². The summed E-state index contributed by atoms with van der Waals surface area (Å²) in [6.07, 6.45) is 6.40. The molecule has 0 radical (unpaired) electrons. The Hall–Kier alpha value is -0.800. The Morgan fingerprint density at radius 1 is 1.50 bits per heavy atom. The summed E-state index contributed by atoms with van der Waals surface area (Å²) in [5, 5.41) is 0. The van der Waals surface area contributed by atoms with Gasteiger partial charge >= 0.3 is 0 Å². The molecule has 0 aromatic carbocycles. The molecule has 2 rings (SSSR count). The summed E-state index contributed by atoms with van der Waals surface area (Å²) in [6, 6.07) is 3.12. The highest BCUT2D eigenvalue weighted by molar-refractivity contribution is 5.16. The van der Waals surface area contributed by atoms with Crippen LogP contribution >= 0.6 is 0 Å². The van der Waals surface area contributed by atoms with E-state index < -0.39 is 0 Å². The molecule has 3 nitrogen and oxygen atoms in total. The minimum absolute atomic E-state index is 0.432. The Balaban J connectivity index is 2.09.